The number of amides is 1. The van der Waals surface area contributed by atoms with Gasteiger partial charge in [-0.1, -0.05) is 18.2 Å². The monoisotopic (exact) mass is 396 g/mol. The van der Waals surface area contributed by atoms with Crippen LogP contribution >= 0.6 is 23.1 Å². The number of benzene rings is 1. The molecule has 0 bridgehead atoms. The molecule has 0 unspecified atom stereocenters. The number of aryl methyl sites for hydroxylation is 1. The molecule has 2 aromatic heterocycles. The number of hydrogen-bond acceptors (Lipinski definition) is 3. The molecule has 1 aromatic carbocycles. The number of rotatable bonds is 6. The number of carbonyl (C=O) groups excluding carboxylic acids is 1. The third kappa shape index (κ3) is 4.14. The molecule has 3 nitrogen and oxygen atoms in total. The maximum Gasteiger partial charge on any atom is 0.222 e. The topological polar surface area (TPSA) is 36.1 Å². The van der Waals surface area contributed by atoms with E-state index in [4.69, 9.17) is 0 Å². The fourth-order valence-electron chi connectivity index (χ4n) is 3.67. The largest absolute Gasteiger partial charge is 0.361 e. The van der Waals surface area contributed by atoms with Crippen LogP contribution in [-0.2, 0) is 11.2 Å². The first kappa shape index (κ1) is 18.4. The zero-order valence-corrected chi connectivity index (χ0v) is 17.2. The average Bonchev–Trinajstić information content (AvgIpc) is 3.38. The van der Waals surface area contributed by atoms with Crippen molar-refractivity contribution in [1.29, 1.82) is 0 Å². The molecule has 0 saturated carbocycles. The Morgan fingerprint density at radius 2 is 2.26 bits per heavy atom. The third-order valence-corrected chi connectivity index (χ3v) is 6.88. The molecule has 3 heterocycles. The van der Waals surface area contributed by atoms with E-state index < -0.39 is 0 Å². The molecule has 1 aliphatic rings. The zero-order valence-electron chi connectivity index (χ0n) is 15.5. The molecular weight excluding hydrogens is 372 g/mol. The highest BCUT2D eigenvalue weighted by molar-refractivity contribution is 7.98. The van der Waals surface area contributed by atoms with Crippen molar-refractivity contribution in [1.82, 2.24) is 9.88 Å². The summed E-state index contributed by atoms with van der Waals surface area (Å²) in [5.41, 5.74) is 3.88. The molecule has 4 rings (SSSR count). The number of carbonyl (C=O) groups is 1. The quantitative estimate of drug-likeness (QED) is 0.551. The van der Waals surface area contributed by atoms with Crippen molar-refractivity contribution >= 4 is 45.5 Å². The average molecular weight is 397 g/mol. The minimum absolute atomic E-state index is 0.279. The molecule has 0 aliphatic carbocycles. The van der Waals surface area contributed by atoms with Crippen LogP contribution in [0.4, 0.5) is 0 Å². The summed E-state index contributed by atoms with van der Waals surface area (Å²) in [5, 5.41) is 3.39. The van der Waals surface area contributed by atoms with Gasteiger partial charge < -0.3 is 9.88 Å². The Hall–Kier alpha value is -1.98. The highest BCUT2D eigenvalue weighted by Crippen LogP contribution is 2.27. The number of nitrogens with one attached hydrogen (secondary N) is 1. The summed E-state index contributed by atoms with van der Waals surface area (Å²) in [7, 11) is 0. The van der Waals surface area contributed by atoms with Crippen molar-refractivity contribution in [3.63, 3.8) is 0 Å². The highest BCUT2D eigenvalue weighted by Gasteiger charge is 2.18. The molecule has 0 fully saturated rings. The van der Waals surface area contributed by atoms with Gasteiger partial charge in [0, 0.05) is 46.4 Å². The number of aromatic amines is 1. The number of hydrogen-bond donors (Lipinski definition) is 1. The molecule has 0 radical (unpaired) electrons. The first-order chi connectivity index (χ1) is 13.2. The first-order valence-electron chi connectivity index (χ1n) is 9.39. The Morgan fingerprint density at radius 3 is 3.00 bits per heavy atom. The van der Waals surface area contributed by atoms with Crippen LogP contribution in [0.1, 0.15) is 29.7 Å². The summed E-state index contributed by atoms with van der Waals surface area (Å²) in [4.78, 5) is 20.5. The number of nitrogens with zero attached hydrogens (tertiary/aromatic N) is 1. The van der Waals surface area contributed by atoms with Crippen molar-refractivity contribution in [3.8, 4) is 0 Å². The summed E-state index contributed by atoms with van der Waals surface area (Å²) in [6.07, 6.45) is 9.83. The predicted octanol–water partition coefficient (Wildman–Crippen LogP) is 5.59. The van der Waals surface area contributed by atoms with Crippen molar-refractivity contribution in [3.05, 3.63) is 58.4 Å². The fourth-order valence-corrected chi connectivity index (χ4v) is 4.91. The molecule has 1 N–H and O–H groups in total. The Kier molecular flexibility index (Phi) is 5.69. The molecule has 0 atom stereocenters. The summed E-state index contributed by atoms with van der Waals surface area (Å²) in [6, 6.07) is 10.8. The normalized spacial score (nSPS) is 14.6. The van der Waals surface area contributed by atoms with Crippen molar-refractivity contribution in [2.45, 2.75) is 30.6 Å². The van der Waals surface area contributed by atoms with Crippen molar-refractivity contribution in [2.24, 2.45) is 0 Å². The van der Waals surface area contributed by atoms with Gasteiger partial charge in [-0.25, -0.2) is 0 Å². The number of fused-ring (bicyclic) bond motifs is 1. The second-order valence-electron chi connectivity index (χ2n) is 6.88. The van der Waals surface area contributed by atoms with Gasteiger partial charge in [0.1, 0.15) is 0 Å². The maximum absolute atomic E-state index is 12.6. The molecule has 0 saturated heterocycles. The lowest BCUT2D eigenvalue weighted by Gasteiger charge is -2.26. The van der Waals surface area contributed by atoms with E-state index in [2.05, 4.69) is 59.2 Å². The van der Waals surface area contributed by atoms with Crippen molar-refractivity contribution in [2.75, 3.05) is 19.3 Å². The van der Waals surface area contributed by atoms with Gasteiger partial charge in [-0.15, -0.1) is 23.1 Å². The van der Waals surface area contributed by atoms with Gasteiger partial charge in [0.15, 0.2) is 0 Å². The van der Waals surface area contributed by atoms with E-state index in [-0.39, 0.29) is 5.91 Å². The van der Waals surface area contributed by atoms with E-state index >= 15 is 0 Å². The first-order valence-corrected chi connectivity index (χ1v) is 11.5. The van der Waals surface area contributed by atoms with Crippen LogP contribution in [0.25, 0.3) is 16.5 Å². The molecule has 27 heavy (non-hydrogen) atoms. The Morgan fingerprint density at radius 1 is 1.33 bits per heavy atom. The fraction of sp³-hybridized carbons (Fsp3) is 0.318. The Balaban J connectivity index is 1.30. The van der Waals surface area contributed by atoms with Gasteiger partial charge in [-0.05, 0) is 60.2 Å². The van der Waals surface area contributed by atoms with Gasteiger partial charge in [0.25, 0.3) is 0 Å². The standard InChI is InChI=1S/C22H24N2OS2/c1-26-18-7-8-19-17(15-23-20(19)14-18)4-2-6-22(25)24-11-9-16(10-12-24)21-5-3-13-27-21/h3,5,7-9,13-15,23H,2,4,6,10-12H2,1H3. The van der Waals surface area contributed by atoms with Crippen LogP contribution in [0.5, 0.6) is 0 Å². The minimum Gasteiger partial charge on any atom is -0.361 e. The summed E-state index contributed by atoms with van der Waals surface area (Å²) < 4.78 is 0. The van der Waals surface area contributed by atoms with Crippen molar-refractivity contribution < 1.29 is 4.79 Å². The van der Waals surface area contributed by atoms with Crippen LogP contribution in [0.2, 0.25) is 0 Å². The van der Waals surface area contributed by atoms with Crippen LogP contribution in [0.3, 0.4) is 0 Å². The van der Waals surface area contributed by atoms with Gasteiger partial charge in [-0.2, -0.15) is 0 Å². The zero-order chi connectivity index (χ0) is 18.6. The minimum atomic E-state index is 0.279. The van der Waals surface area contributed by atoms with Gasteiger partial charge in [0.2, 0.25) is 5.91 Å². The Labute approximate surface area is 168 Å². The highest BCUT2D eigenvalue weighted by atomic mass is 32.2. The van der Waals surface area contributed by atoms with Gasteiger partial charge >= 0.3 is 0 Å². The van der Waals surface area contributed by atoms with Gasteiger partial charge in [0.05, 0.1) is 0 Å². The molecule has 0 spiro atoms. The van der Waals surface area contributed by atoms with E-state index in [0.29, 0.717) is 6.42 Å². The summed E-state index contributed by atoms with van der Waals surface area (Å²) in [5.74, 6) is 0.279. The van der Waals surface area contributed by atoms with E-state index in [1.54, 1.807) is 23.1 Å². The third-order valence-electron chi connectivity index (χ3n) is 5.21. The second kappa shape index (κ2) is 8.36. The van der Waals surface area contributed by atoms with Gasteiger partial charge in [-0.3, -0.25) is 4.79 Å². The lowest BCUT2D eigenvalue weighted by atomic mass is 10.0. The number of aromatic nitrogens is 1. The number of thioether (sulfide) groups is 1. The lowest BCUT2D eigenvalue weighted by Crippen LogP contribution is -2.34. The van der Waals surface area contributed by atoms with E-state index in [1.807, 2.05) is 4.90 Å². The van der Waals surface area contributed by atoms with E-state index in [1.165, 1.54) is 31.8 Å². The van der Waals surface area contributed by atoms with Crippen LogP contribution in [-0.4, -0.2) is 35.1 Å². The van der Waals surface area contributed by atoms with Crippen LogP contribution in [0.15, 0.2) is 52.9 Å². The Bertz CT molecular complexity index is 956. The smallest absolute Gasteiger partial charge is 0.222 e. The SMILES string of the molecule is CSc1ccc2c(CCCC(=O)N3CC=C(c4cccs4)CC3)c[nH]c2c1. The van der Waals surface area contributed by atoms with E-state index in [0.717, 1.165) is 32.4 Å². The number of thiophene rings is 1. The molecule has 3 aromatic rings. The molecular formula is C22H24N2OS2. The molecule has 1 aliphatic heterocycles. The van der Waals surface area contributed by atoms with Crippen LogP contribution in [0, 0.1) is 0 Å². The summed E-state index contributed by atoms with van der Waals surface area (Å²) >= 11 is 3.53. The number of H-pyrrole nitrogens is 1. The van der Waals surface area contributed by atoms with E-state index in [9.17, 15) is 4.79 Å². The maximum atomic E-state index is 12.6. The molecule has 5 heteroatoms. The molecule has 140 valence electrons. The summed E-state index contributed by atoms with van der Waals surface area (Å²) in [6.45, 7) is 1.59. The molecule has 1 amide bonds. The van der Waals surface area contributed by atoms with Crippen LogP contribution < -0.4 is 0 Å². The second-order valence-corrected chi connectivity index (χ2v) is 8.70. The lowest BCUT2D eigenvalue weighted by molar-refractivity contribution is -0.130. The predicted molar refractivity (Wildman–Crippen MR) is 117 cm³/mol.